The Kier molecular flexibility index (Phi) is 4.08. The number of nitrogens with zero attached hydrogens (tertiary/aromatic N) is 1. The standard InChI is InChI=1S/C15H17N3S/c1-10(7-14-5-3-11(2)19-14)18-13-4-6-15(17)12(8-13)9-16/h3-6,8,10,18H,7,17H2,1-2H3. The molecule has 2 rings (SSSR count). The predicted molar refractivity (Wildman–Crippen MR) is 81.4 cm³/mol. The Labute approximate surface area is 117 Å². The first kappa shape index (κ1) is 13.4. The number of hydrogen-bond acceptors (Lipinski definition) is 4. The molecule has 1 aromatic carbocycles. The third-order valence-electron chi connectivity index (χ3n) is 2.89. The van der Waals surface area contributed by atoms with Crippen molar-refractivity contribution in [2.45, 2.75) is 26.3 Å². The number of anilines is 2. The van der Waals surface area contributed by atoms with E-state index in [1.165, 1.54) is 9.75 Å². The number of hydrogen-bond donors (Lipinski definition) is 2. The largest absolute Gasteiger partial charge is 0.398 e. The number of nitrogens with one attached hydrogen (secondary N) is 1. The Morgan fingerprint density at radius 3 is 2.79 bits per heavy atom. The second-order valence-electron chi connectivity index (χ2n) is 4.68. The van der Waals surface area contributed by atoms with Crippen LogP contribution in [0.1, 0.15) is 22.2 Å². The quantitative estimate of drug-likeness (QED) is 0.836. The highest BCUT2D eigenvalue weighted by Gasteiger charge is 2.07. The molecule has 0 aliphatic heterocycles. The van der Waals surface area contributed by atoms with Gasteiger partial charge in [-0.25, -0.2) is 0 Å². The molecule has 1 unspecified atom stereocenters. The molecule has 1 heterocycles. The lowest BCUT2D eigenvalue weighted by Crippen LogP contribution is -2.17. The maximum Gasteiger partial charge on any atom is 0.101 e. The highest BCUT2D eigenvalue weighted by atomic mass is 32.1. The zero-order valence-electron chi connectivity index (χ0n) is 11.1. The maximum atomic E-state index is 8.96. The van der Waals surface area contributed by atoms with Crippen LogP contribution in [0.3, 0.4) is 0 Å². The molecule has 19 heavy (non-hydrogen) atoms. The van der Waals surface area contributed by atoms with Gasteiger partial charge >= 0.3 is 0 Å². The van der Waals surface area contributed by atoms with E-state index in [4.69, 9.17) is 11.0 Å². The molecule has 0 radical (unpaired) electrons. The molecule has 1 aromatic heterocycles. The van der Waals surface area contributed by atoms with Crippen molar-refractivity contribution in [3.8, 4) is 6.07 Å². The van der Waals surface area contributed by atoms with Crippen LogP contribution in [0.4, 0.5) is 11.4 Å². The van der Waals surface area contributed by atoms with E-state index in [1.54, 1.807) is 12.1 Å². The first-order valence-electron chi connectivity index (χ1n) is 6.20. The first-order valence-corrected chi connectivity index (χ1v) is 7.01. The van der Waals surface area contributed by atoms with E-state index in [-0.39, 0.29) is 0 Å². The Hall–Kier alpha value is -1.99. The summed E-state index contributed by atoms with van der Waals surface area (Å²) in [4.78, 5) is 2.70. The van der Waals surface area contributed by atoms with E-state index in [1.807, 2.05) is 17.4 Å². The molecule has 98 valence electrons. The summed E-state index contributed by atoms with van der Waals surface area (Å²) in [6.45, 7) is 4.25. The normalized spacial score (nSPS) is 11.8. The van der Waals surface area contributed by atoms with Crippen LogP contribution in [0.5, 0.6) is 0 Å². The van der Waals surface area contributed by atoms with Crippen molar-refractivity contribution in [1.82, 2.24) is 0 Å². The minimum absolute atomic E-state index is 0.313. The number of rotatable bonds is 4. The number of nitriles is 1. The average Bonchev–Trinajstić information content (AvgIpc) is 2.77. The number of nitrogen functional groups attached to an aromatic ring is 1. The highest BCUT2D eigenvalue weighted by Crippen LogP contribution is 2.20. The topological polar surface area (TPSA) is 61.8 Å². The van der Waals surface area contributed by atoms with Gasteiger partial charge in [-0.2, -0.15) is 5.26 Å². The summed E-state index contributed by atoms with van der Waals surface area (Å²) in [5.74, 6) is 0. The SMILES string of the molecule is Cc1ccc(CC(C)Nc2ccc(N)c(C#N)c2)s1. The fraction of sp³-hybridized carbons (Fsp3) is 0.267. The molecule has 0 aliphatic carbocycles. The number of benzene rings is 1. The molecule has 0 spiro atoms. The molecule has 0 amide bonds. The summed E-state index contributed by atoms with van der Waals surface area (Å²) >= 11 is 1.82. The maximum absolute atomic E-state index is 8.96. The smallest absolute Gasteiger partial charge is 0.101 e. The van der Waals surface area contributed by atoms with E-state index in [2.05, 4.69) is 37.4 Å². The van der Waals surface area contributed by atoms with E-state index < -0.39 is 0 Å². The zero-order valence-corrected chi connectivity index (χ0v) is 11.9. The lowest BCUT2D eigenvalue weighted by molar-refractivity contribution is 0.800. The van der Waals surface area contributed by atoms with Crippen LogP contribution in [-0.2, 0) is 6.42 Å². The van der Waals surface area contributed by atoms with Crippen LogP contribution >= 0.6 is 11.3 Å². The molecular formula is C15H17N3S. The summed E-state index contributed by atoms with van der Waals surface area (Å²) in [6, 6.07) is 12.2. The fourth-order valence-corrected chi connectivity index (χ4v) is 2.99. The monoisotopic (exact) mass is 271 g/mol. The lowest BCUT2D eigenvalue weighted by atomic mass is 10.1. The van der Waals surface area contributed by atoms with Crippen LogP contribution in [-0.4, -0.2) is 6.04 Å². The van der Waals surface area contributed by atoms with E-state index in [0.717, 1.165) is 12.1 Å². The molecule has 2 aromatic rings. The van der Waals surface area contributed by atoms with Gasteiger partial charge < -0.3 is 11.1 Å². The summed E-state index contributed by atoms with van der Waals surface area (Å²) in [6.07, 6.45) is 0.977. The molecule has 0 aliphatic rings. The minimum atomic E-state index is 0.313. The Morgan fingerprint density at radius 2 is 2.16 bits per heavy atom. The van der Waals surface area contributed by atoms with Crippen molar-refractivity contribution in [3.05, 3.63) is 45.6 Å². The number of aryl methyl sites for hydroxylation is 1. The molecule has 0 saturated carbocycles. The van der Waals surface area contributed by atoms with Gasteiger partial charge in [-0.15, -0.1) is 11.3 Å². The van der Waals surface area contributed by atoms with Crippen LogP contribution < -0.4 is 11.1 Å². The van der Waals surface area contributed by atoms with Gasteiger partial charge in [-0.1, -0.05) is 0 Å². The van der Waals surface area contributed by atoms with Crippen molar-refractivity contribution in [2.75, 3.05) is 11.1 Å². The van der Waals surface area contributed by atoms with Crippen molar-refractivity contribution in [1.29, 1.82) is 5.26 Å². The summed E-state index contributed by atoms with van der Waals surface area (Å²) < 4.78 is 0. The Morgan fingerprint density at radius 1 is 1.37 bits per heavy atom. The number of nitrogens with two attached hydrogens (primary N) is 1. The predicted octanol–water partition coefficient (Wildman–Crippen LogP) is 3.55. The molecule has 1 atom stereocenters. The van der Waals surface area contributed by atoms with E-state index >= 15 is 0 Å². The summed E-state index contributed by atoms with van der Waals surface area (Å²) in [5.41, 5.74) is 7.69. The van der Waals surface area contributed by atoms with Gasteiger partial charge in [0.2, 0.25) is 0 Å². The van der Waals surface area contributed by atoms with Crippen molar-refractivity contribution >= 4 is 22.7 Å². The second kappa shape index (κ2) is 5.77. The van der Waals surface area contributed by atoms with Gasteiger partial charge in [0.1, 0.15) is 6.07 Å². The third kappa shape index (κ3) is 3.49. The van der Waals surface area contributed by atoms with Crippen molar-refractivity contribution in [3.63, 3.8) is 0 Å². The van der Waals surface area contributed by atoms with Crippen LogP contribution in [0, 0.1) is 18.3 Å². The summed E-state index contributed by atoms with van der Waals surface area (Å²) in [5, 5.41) is 12.4. The van der Waals surface area contributed by atoms with Crippen molar-refractivity contribution in [2.24, 2.45) is 0 Å². The van der Waals surface area contributed by atoms with Gasteiger partial charge in [0.15, 0.2) is 0 Å². The van der Waals surface area contributed by atoms with E-state index in [0.29, 0.717) is 17.3 Å². The molecule has 3 nitrogen and oxygen atoms in total. The highest BCUT2D eigenvalue weighted by molar-refractivity contribution is 7.11. The molecule has 3 N–H and O–H groups in total. The molecule has 0 bridgehead atoms. The van der Waals surface area contributed by atoms with Crippen molar-refractivity contribution < 1.29 is 0 Å². The third-order valence-corrected chi connectivity index (χ3v) is 3.91. The zero-order chi connectivity index (χ0) is 13.8. The number of thiophene rings is 1. The Balaban J connectivity index is 2.03. The van der Waals surface area contributed by atoms with Gasteiger partial charge in [0.05, 0.1) is 5.56 Å². The molecular weight excluding hydrogens is 254 g/mol. The first-order chi connectivity index (χ1) is 9.08. The van der Waals surface area contributed by atoms with Crippen LogP contribution in [0.15, 0.2) is 30.3 Å². The lowest BCUT2D eigenvalue weighted by Gasteiger charge is -2.15. The summed E-state index contributed by atoms with van der Waals surface area (Å²) in [7, 11) is 0. The minimum Gasteiger partial charge on any atom is -0.398 e. The Bertz CT molecular complexity index is 610. The average molecular weight is 271 g/mol. The van der Waals surface area contributed by atoms with Gasteiger partial charge in [-0.3, -0.25) is 0 Å². The van der Waals surface area contributed by atoms with Gasteiger partial charge in [-0.05, 0) is 44.2 Å². The van der Waals surface area contributed by atoms with Gasteiger partial charge in [0, 0.05) is 33.6 Å². The van der Waals surface area contributed by atoms with Crippen LogP contribution in [0.2, 0.25) is 0 Å². The second-order valence-corrected chi connectivity index (χ2v) is 6.05. The van der Waals surface area contributed by atoms with E-state index in [9.17, 15) is 0 Å². The molecule has 4 heteroatoms. The van der Waals surface area contributed by atoms with Crippen LogP contribution in [0.25, 0.3) is 0 Å². The molecule has 0 saturated heterocycles. The molecule has 0 fully saturated rings. The van der Waals surface area contributed by atoms with Gasteiger partial charge in [0.25, 0.3) is 0 Å². The fourth-order valence-electron chi connectivity index (χ4n) is 1.98.